The lowest BCUT2D eigenvalue weighted by molar-refractivity contribution is -0.607. The molecular weight excluding hydrogens is 319 g/mol. The van der Waals surface area contributed by atoms with Crippen LogP contribution in [0.1, 0.15) is 29.0 Å². The van der Waals surface area contributed by atoms with E-state index in [0.717, 1.165) is 16.7 Å². The molecule has 0 saturated carbocycles. The molecule has 5 heteroatoms. The average Bonchev–Trinajstić information content (AvgIpc) is 2.63. The number of carbonyl (C=O) groups is 1. The molecule has 1 unspecified atom stereocenters. The van der Waals surface area contributed by atoms with Crippen molar-refractivity contribution in [1.29, 1.82) is 0 Å². The molecule has 1 N–H and O–H groups in total. The SMILES string of the molecule is CC(NC(=O)c1cccc[n+]1[O-])c1ccc(-c2ccc(F)cc2)cc1. The van der Waals surface area contributed by atoms with Crippen LogP contribution in [0.25, 0.3) is 11.1 Å². The lowest BCUT2D eigenvalue weighted by atomic mass is 10.0. The third-order valence-corrected chi connectivity index (χ3v) is 3.99. The molecule has 126 valence electrons. The first-order chi connectivity index (χ1) is 12.0. The van der Waals surface area contributed by atoms with Crippen molar-refractivity contribution in [2.75, 3.05) is 0 Å². The zero-order valence-corrected chi connectivity index (χ0v) is 13.6. The Morgan fingerprint density at radius 3 is 2.20 bits per heavy atom. The summed E-state index contributed by atoms with van der Waals surface area (Å²) in [5.41, 5.74) is 2.84. The summed E-state index contributed by atoms with van der Waals surface area (Å²) >= 11 is 0. The number of benzene rings is 2. The van der Waals surface area contributed by atoms with Gasteiger partial charge in [0.15, 0.2) is 6.20 Å². The van der Waals surface area contributed by atoms with Crippen LogP contribution in [0.2, 0.25) is 0 Å². The minimum absolute atomic E-state index is 0.0530. The number of amides is 1. The van der Waals surface area contributed by atoms with Gasteiger partial charge in [0, 0.05) is 12.1 Å². The normalized spacial score (nSPS) is 11.8. The van der Waals surface area contributed by atoms with Gasteiger partial charge in [-0.3, -0.25) is 4.79 Å². The highest BCUT2D eigenvalue weighted by molar-refractivity contribution is 5.91. The van der Waals surface area contributed by atoms with Crippen LogP contribution in [0, 0.1) is 11.0 Å². The summed E-state index contributed by atoms with van der Waals surface area (Å²) in [6, 6.07) is 18.4. The average molecular weight is 336 g/mol. The molecule has 1 atom stereocenters. The predicted molar refractivity (Wildman–Crippen MR) is 93.1 cm³/mol. The first kappa shape index (κ1) is 16.6. The van der Waals surface area contributed by atoms with Gasteiger partial charge in [-0.25, -0.2) is 4.39 Å². The number of aromatic nitrogens is 1. The molecule has 3 rings (SSSR count). The molecule has 1 amide bonds. The number of hydrogen-bond acceptors (Lipinski definition) is 2. The molecule has 0 aliphatic rings. The monoisotopic (exact) mass is 336 g/mol. The van der Waals surface area contributed by atoms with Crippen LogP contribution < -0.4 is 10.0 Å². The Morgan fingerprint density at radius 2 is 1.60 bits per heavy atom. The van der Waals surface area contributed by atoms with E-state index in [1.54, 1.807) is 24.3 Å². The van der Waals surface area contributed by atoms with Crippen molar-refractivity contribution >= 4 is 5.91 Å². The second-order valence-electron chi connectivity index (χ2n) is 5.74. The van der Waals surface area contributed by atoms with Crippen molar-refractivity contribution in [2.45, 2.75) is 13.0 Å². The van der Waals surface area contributed by atoms with E-state index < -0.39 is 5.91 Å². The minimum atomic E-state index is -0.425. The first-order valence-corrected chi connectivity index (χ1v) is 7.89. The molecule has 0 aliphatic carbocycles. The van der Waals surface area contributed by atoms with Crippen molar-refractivity contribution in [1.82, 2.24) is 5.32 Å². The van der Waals surface area contributed by atoms with Crippen LogP contribution in [0.15, 0.2) is 72.9 Å². The fourth-order valence-corrected chi connectivity index (χ4v) is 2.56. The van der Waals surface area contributed by atoms with Crippen molar-refractivity contribution in [2.24, 2.45) is 0 Å². The van der Waals surface area contributed by atoms with Gasteiger partial charge in [-0.15, -0.1) is 0 Å². The maximum Gasteiger partial charge on any atom is 0.317 e. The van der Waals surface area contributed by atoms with Crippen LogP contribution in [0.3, 0.4) is 0 Å². The van der Waals surface area contributed by atoms with Gasteiger partial charge in [0.05, 0.1) is 6.04 Å². The maximum absolute atomic E-state index is 13.0. The summed E-state index contributed by atoms with van der Waals surface area (Å²) in [6.45, 7) is 1.85. The molecule has 1 aromatic heterocycles. The minimum Gasteiger partial charge on any atom is -0.618 e. The summed E-state index contributed by atoms with van der Waals surface area (Å²) in [5.74, 6) is -0.695. The summed E-state index contributed by atoms with van der Waals surface area (Å²) in [4.78, 5) is 12.2. The molecular formula is C20H17FN2O2. The van der Waals surface area contributed by atoms with Crippen molar-refractivity contribution in [3.8, 4) is 11.1 Å². The van der Waals surface area contributed by atoms with Gasteiger partial charge in [0.1, 0.15) is 5.82 Å². The van der Waals surface area contributed by atoms with Crippen LogP contribution in [0.4, 0.5) is 4.39 Å². The molecule has 0 spiro atoms. The zero-order valence-electron chi connectivity index (χ0n) is 13.6. The molecule has 0 bridgehead atoms. The molecule has 4 nitrogen and oxygen atoms in total. The first-order valence-electron chi connectivity index (χ1n) is 7.89. The van der Waals surface area contributed by atoms with E-state index in [0.29, 0.717) is 4.73 Å². The lowest BCUT2D eigenvalue weighted by Gasteiger charge is -2.14. The highest BCUT2D eigenvalue weighted by atomic mass is 19.1. The summed E-state index contributed by atoms with van der Waals surface area (Å²) in [5, 5.41) is 14.4. The molecule has 0 aliphatic heterocycles. The van der Waals surface area contributed by atoms with E-state index in [9.17, 15) is 14.4 Å². The van der Waals surface area contributed by atoms with Gasteiger partial charge in [0.25, 0.3) is 5.69 Å². The molecule has 25 heavy (non-hydrogen) atoms. The second kappa shape index (κ2) is 7.13. The van der Waals surface area contributed by atoms with E-state index in [4.69, 9.17) is 0 Å². The Hall–Kier alpha value is -3.21. The molecule has 1 heterocycles. The van der Waals surface area contributed by atoms with Gasteiger partial charge >= 0.3 is 5.91 Å². The fraction of sp³-hybridized carbons (Fsp3) is 0.100. The predicted octanol–water partition coefficient (Wildman–Crippen LogP) is 3.62. The van der Waals surface area contributed by atoms with Crippen LogP contribution >= 0.6 is 0 Å². The topological polar surface area (TPSA) is 56.0 Å². The third kappa shape index (κ3) is 3.83. The number of hydrogen-bond donors (Lipinski definition) is 1. The molecule has 0 radical (unpaired) electrons. The zero-order chi connectivity index (χ0) is 17.8. The van der Waals surface area contributed by atoms with Gasteiger partial charge in [0.2, 0.25) is 0 Å². The fourth-order valence-electron chi connectivity index (χ4n) is 2.56. The number of nitrogens with zero attached hydrogens (tertiary/aromatic N) is 1. The molecule has 2 aromatic carbocycles. The third-order valence-electron chi connectivity index (χ3n) is 3.99. The van der Waals surface area contributed by atoms with Crippen LogP contribution in [-0.4, -0.2) is 5.91 Å². The Labute approximate surface area is 145 Å². The van der Waals surface area contributed by atoms with Gasteiger partial charge in [-0.05, 0) is 41.8 Å². The van der Waals surface area contributed by atoms with Crippen molar-refractivity contribution < 1.29 is 13.9 Å². The lowest BCUT2D eigenvalue weighted by Crippen LogP contribution is -2.39. The Bertz CT molecular complexity index is 877. The highest BCUT2D eigenvalue weighted by Gasteiger charge is 2.18. The Kier molecular flexibility index (Phi) is 4.75. The second-order valence-corrected chi connectivity index (χ2v) is 5.74. The Morgan fingerprint density at radius 1 is 1.00 bits per heavy atom. The quantitative estimate of drug-likeness (QED) is 0.584. The van der Waals surface area contributed by atoms with Crippen molar-refractivity contribution in [3.63, 3.8) is 0 Å². The van der Waals surface area contributed by atoms with E-state index in [-0.39, 0.29) is 17.6 Å². The van der Waals surface area contributed by atoms with Crippen LogP contribution in [-0.2, 0) is 0 Å². The van der Waals surface area contributed by atoms with E-state index in [2.05, 4.69) is 5.32 Å². The number of nitrogens with one attached hydrogen (secondary N) is 1. The Balaban J connectivity index is 1.72. The molecule has 3 aromatic rings. The number of pyridine rings is 1. The standard InChI is InChI=1S/C20H17FN2O2/c1-14(22-20(24)19-4-2-3-13-23(19)25)15-5-7-16(8-6-15)17-9-11-18(21)12-10-17/h2-14H,1H3,(H,22,24). The largest absolute Gasteiger partial charge is 0.618 e. The van der Waals surface area contributed by atoms with Gasteiger partial charge < -0.3 is 10.5 Å². The van der Waals surface area contributed by atoms with Crippen molar-refractivity contribution in [3.05, 3.63) is 95.2 Å². The number of carbonyl (C=O) groups excluding carboxylic acids is 1. The number of rotatable bonds is 4. The maximum atomic E-state index is 13.0. The smallest absolute Gasteiger partial charge is 0.317 e. The van der Waals surface area contributed by atoms with E-state index >= 15 is 0 Å². The van der Waals surface area contributed by atoms with Gasteiger partial charge in [-0.2, -0.15) is 4.73 Å². The number of halogens is 1. The summed E-state index contributed by atoms with van der Waals surface area (Å²) in [6.07, 6.45) is 1.29. The summed E-state index contributed by atoms with van der Waals surface area (Å²) in [7, 11) is 0. The van der Waals surface area contributed by atoms with Crippen LogP contribution in [0.5, 0.6) is 0 Å². The molecule has 0 fully saturated rings. The van der Waals surface area contributed by atoms with E-state index in [1.165, 1.54) is 24.4 Å². The van der Waals surface area contributed by atoms with Gasteiger partial charge in [-0.1, -0.05) is 36.4 Å². The summed E-state index contributed by atoms with van der Waals surface area (Å²) < 4.78 is 13.5. The van der Waals surface area contributed by atoms with E-state index in [1.807, 2.05) is 31.2 Å². The molecule has 0 saturated heterocycles. The highest BCUT2D eigenvalue weighted by Crippen LogP contribution is 2.22.